The van der Waals surface area contributed by atoms with Gasteiger partial charge in [-0.1, -0.05) is 19.9 Å². The van der Waals surface area contributed by atoms with Crippen LogP contribution in [0.3, 0.4) is 0 Å². The van der Waals surface area contributed by atoms with Gasteiger partial charge in [0, 0.05) is 60.7 Å². The SMILES string of the molecule is CN(C)CC(C)(C)CNC(=O)C1CCN(C(=O)c2ccc(SCc3cccnc3)cc2)CC1. The summed E-state index contributed by atoms with van der Waals surface area (Å²) in [4.78, 5) is 34.9. The highest BCUT2D eigenvalue weighted by atomic mass is 32.2. The molecule has 0 atom stereocenters. The van der Waals surface area contributed by atoms with Gasteiger partial charge in [0.05, 0.1) is 0 Å². The predicted octanol–water partition coefficient (Wildman–Crippen LogP) is 3.93. The number of nitrogens with one attached hydrogen (secondary N) is 1. The second kappa shape index (κ2) is 11.7. The molecular formula is C26H36N4O2S. The Balaban J connectivity index is 1.44. The second-order valence-corrected chi connectivity index (χ2v) is 10.9. The van der Waals surface area contributed by atoms with Crippen LogP contribution in [-0.2, 0) is 10.5 Å². The number of hydrogen-bond donors (Lipinski definition) is 1. The first-order chi connectivity index (χ1) is 15.7. The van der Waals surface area contributed by atoms with Gasteiger partial charge >= 0.3 is 0 Å². The summed E-state index contributed by atoms with van der Waals surface area (Å²) in [6.07, 6.45) is 5.08. The molecule has 6 nitrogen and oxygen atoms in total. The van der Waals surface area contributed by atoms with Crippen LogP contribution in [0.1, 0.15) is 42.6 Å². The number of carbonyl (C=O) groups excluding carboxylic acids is 2. The fourth-order valence-corrected chi connectivity index (χ4v) is 5.09. The Morgan fingerprint density at radius 2 is 1.85 bits per heavy atom. The van der Waals surface area contributed by atoms with Crippen LogP contribution in [0.5, 0.6) is 0 Å². The van der Waals surface area contributed by atoms with Crippen LogP contribution in [0.25, 0.3) is 0 Å². The number of thioether (sulfide) groups is 1. The molecule has 0 aliphatic carbocycles. The van der Waals surface area contributed by atoms with E-state index >= 15 is 0 Å². The number of hydrogen-bond acceptors (Lipinski definition) is 5. The van der Waals surface area contributed by atoms with Crippen molar-refractivity contribution < 1.29 is 9.59 Å². The van der Waals surface area contributed by atoms with Crippen molar-refractivity contribution in [3.63, 3.8) is 0 Å². The van der Waals surface area contributed by atoms with Gasteiger partial charge in [-0.2, -0.15) is 0 Å². The zero-order valence-corrected chi connectivity index (χ0v) is 21.0. The van der Waals surface area contributed by atoms with Crippen molar-refractivity contribution in [2.24, 2.45) is 11.3 Å². The van der Waals surface area contributed by atoms with Crippen molar-refractivity contribution in [1.82, 2.24) is 20.1 Å². The van der Waals surface area contributed by atoms with Crippen LogP contribution in [0.4, 0.5) is 0 Å². The van der Waals surface area contributed by atoms with E-state index in [1.165, 1.54) is 5.56 Å². The van der Waals surface area contributed by atoms with E-state index in [1.54, 1.807) is 18.0 Å². The van der Waals surface area contributed by atoms with Crippen molar-refractivity contribution >= 4 is 23.6 Å². The van der Waals surface area contributed by atoms with E-state index in [1.807, 2.05) is 55.5 Å². The first kappa shape index (κ1) is 25.2. The van der Waals surface area contributed by atoms with E-state index in [0.717, 1.165) is 17.2 Å². The Hall–Kier alpha value is -2.38. The average molecular weight is 469 g/mol. The third kappa shape index (κ3) is 7.86. The van der Waals surface area contributed by atoms with Crippen molar-refractivity contribution in [1.29, 1.82) is 0 Å². The molecule has 1 aliphatic rings. The summed E-state index contributed by atoms with van der Waals surface area (Å²) in [5, 5.41) is 3.13. The summed E-state index contributed by atoms with van der Waals surface area (Å²) >= 11 is 1.73. The maximum absolute atomic E-state index is 12.9. The molecule has 1 aromatic carbocycles. The standard InChI is InChI=1S/C26H36N4O2S/c1-26(2,19-29(3)4)18-28-24(31)21-11-14-30(15-12-21)25(32)22-7-9-23(10-8-22)33-17-20-6-5-13-27-16-20/h5-10,13,16,21H,11-12,14-15,17-19H2,1-4H3,(H,28,31). The number of benzene rings is 1. The van der Waals surface area contributed by atoms with Crippen LogP contribution in [-0.4, -0.2) is 66.9 Å². The molecule has 1 saturated heterocycles. The third-order valence-corrected chi connectivity index (χ3v) is 6.95. The molecular weight excluding hydrogens is 432 g/mol. The summed E-state index contributed by atoms with van der Waals surface area (Å²) in [5.41, 5.74) is 1.91. The highest BCUT2D eigenvalue weighted by molar-refractivity contribution is 7.98. The molecule has 1 fully saturated rings. The van der Waals surface area contributed by atoms with E-state index in [-0.39, 0.29) is 23.1 Å². The number of nitrogens with zero attached hydrogens (tertiary/aromatic N) is 3. The zero-order chi connectivity index (χ0) is 23.8. The fraction of sp³-hybridized carbons (Fsp3) is 0.500. The maximum atomic E-state index is 12.9. The lowest BCUT2D eigenvalue weighted by atomic mass is 9.91. The number of likely N-dealkylation sites (tertiary alicyclic amines) is 1. The van der Waals surface area contributed by atoms with Gasteiger partial charge in [-0.15, -0.1) is 11.8 Å². The molecule has 2 heterocycles. The number of piperidine rings is 1. The quantitative estimate of drug-likeness (QED) is 0.565. The molecule has 3 rings (SSSR count). The molecule has 1 aromatic heterocycles. The van der Waals surface area contributed by atoms with Crippen molar-refractivity contribution in [3.05, 3.63) is 59.9 Å². The molecule has 33 heavy (non-hydrogen) atoms. The Bertz CT molecular complexity index is 908. The number of rotatable bonds is 9. The van der Waals surface area contributed by atoms with Crippen molar-refractivity contribution in [2.75, 3.05) is 40.3 Å². The predicted molar refractivity (Wildman–Crippen MR) is 134 cm³/mol. The Morgan fingerprint density at radius 1 is 1.15 bits per heavy atom. The first-order valence-electron chi connectivity index (χ1n) is 11.6. The van der Waals surface area contributed by atoms with Gasteiger partial charge < -0.3 is 15.1 Å². The lowest BCUT2D eigenvalue weighted by Crippen LogP contribution is -2.46. The van der Waals surface area contributed by atoms with Gasteiger partial charge in [-0.25, -0.2) is 0 Å². The minimum atomic E-state index is -0.0181. The smallest absolute Gasteiger partial charge is 0.253 e. The number of aromatic nitrogens is 1. The highest BCUT2D eigenvalue weighted by Crippen LogP contribution is 2.24. The lowest BCUT2D eigenvalue weighted by molar-refractivity contribution is -0.126. The molecule has 7 heteroatoms. The van der Waals surface area contributed by atoms with Gasteiger partial charge in [0.2, 0.25) is 5.91 Å². The Labute approximate surface area is 202 Å². The summed E-state index contributed by atoms with van der Waals surface area (Å²) in [6, 6.07) is 11.8. The molecule has 1 N–H and O–H groups in total. The Morgan fingerprint density at radius 3 is 2.45 bits per heavy atom. The molecule has 0 radical (unpaired) electrons. The van der Waals surface area contributed by atoms with Crippen LogP contribution < -0.4 is 5.32 Å². The van der Waals surface area contributed by atoms with Gasteiger partial charge in [0.1, 0.15) is 0 Å². The zero-order valence-electron chi connectivity index (χ0n) is 20.2. The summed E-state index contributed by atoms with van der Waals surface area (Å²) in [6.45, 7) is 7.15. The molecule has 2 amide bonds. The number of amides is 2. The van der Waals surface area contributed by atoms with Gasteiger partial charge in [-0.05, 0) is 68.2 Å². The molecule has 0 unspecified atom stereocenters. The van der Waals surface area contributed by atoms with Crippen LogP contribution >= 0.6 is 11.8 Å². The molecule has 0 spiro atoms. The normalized spacial score (nSPS) is 15.0. The lowest BCUT2D eigenvalue weighted by Gasteiger charge is -2.33. The Kier molecular flexibility index (Phi) is 8.92. The maximum Gasteiger partial charge on any atom is 0.253 e. The molecule has 0 saturated carbocycles. The molecule has 178 valence electrons. The van der Waals surface area contributed by atoms with E-state index < -0.39 is 0 Å². The topological polar surface area (TPSA) is 65.5 Å². The van der Waals surface area contributed by atoms with Gasteiger partial charge in [-0.3, -0.25) is 14.6 Å². The number of carbonyl (C=O) groups is 2. The van der Waals surface area contributed by atoms with Gasteiger partial charge in [0.15, 0.2) is 0 Å². The summed E-state index contributed by atoms with van der Waals surface area (Å²) in [7, 11) is 4.09. The minimum Gasteiger partial charge on any atom is -0.355 e. The largest absolute Gasteiger partial charge is 0.355 e. The monoisotopic (exact) mass is 468 g/mol. The first-order valence-corrected chi connectivity index (χ1v) is 12.6. The summed E-state index contributed by atoms with van der Waals surface area (Å²) < 4.78 is 0. The van der Waals surface area contributed by atoms with E-state index in [4.69, 9.17) is 0 Å². The molecule has 0 bridgehead atoms. The van der Waals surface area contributed by atoms with E-state index in [0.29, 0.717) is 38.0 Å². The molecule has 1 aliphatic heterocycles. The van der Waals surface area contributed by atoms with Crippen LogP contribution in [0.2, 0.25) is 0 Å². The van der Waals surface area contributed by atoms with Crippen molar-refractivity contribution in [2.45, 2.75) is 37.3 Å². The second-order valence-electron chi connectivity index (χ2n) is 9.86. The van der Waals surface area contributed by atoms with Crippen LogP contribution in [0.15, 0.2) is 53.7 Å². The van der Waals surface area contributed by atoms with E-state index in [9.17, 15) is 9.59 Å². The molecule has 2 aromatic rings. The third-order valence-electron chi connectivity index (χ3n) is 5.87. The summed E-state index contributed by atoms with van der Waals surface area (Å²) in [5.74, 6) is 0.993. The van der Waals surface area contributed by atoms with Crippen LogP contribution in [0, 0.1) is 11.3 Å². The fourth-order valence-electron chi connectivity index (χ4n) is 4.25. The number of pyridine rings is 1. The highest BCUT2D eigenvalue weighted by Gasteiger charge is 2.29. The minimum absolute atomic E-state index is 0.0181. The van der Waals surface area contributed by atoms with Gasteiger partial charge in [0.25, 0.3) is 5.91 Å². The average Bonchev–Trinajstić information content (AvgIpc) is 2.81. The van der Waals surface area contributed by atoms with E-state index in [2.05, 4.69) is 35.1 Å². The van der Waals surface area contributed by atoms with Crippen molar-refractivity contribution in [3.8, 4) is 0 Å².